The van der Waals surface area contributed by atoms with Crippen molar-refractivity contribution in [3.05, 3.63) is 77.7 Å². The molecule has 0 saturated heterocycles. The van der Waals surface area contributed by atoms with E-state index in [4.69, 9.17) is 4.74 Å². The van der Waals surface area contributed by atoms with Crippen LogP contribution in [-0.2, 0) is 16.0 Å². The minimum atomic E-state index is -0.945. The number of fused-ring (bicyclic) bond motifs is 1. The highest BCUT2D eigenvalue weighted by Gasteiger charge is 2.19. The minimum absolute atomic E-state index is 0.152. The van der Waals surface area contributed by atoms with Gasteiger partial charge in [0.15, 0.2) is 6.10 Å². The molecule has 0 bridgehead atoms. The Balaban J connectivity index is 1.52. The molecule has 27 heavy (non-hydrogen) atoms. The first kappa shape index (κ1) is 18.5. The van der Waals surface area contributed by atoms with Gasteiger partial charge in [0.2, 0.25) is 0 Å². The molecule has 6 heteroatoms. The van der Waals surface area contributed by atoms with E-state index in [9.17, 15) is 14.0 Å². The summed E-state index contributed by atoms with van der Waals surface area (Å²) in [5.74, 6) is -1.35. The van der Waals surface area contributed by atoms with E-state index in [0.29, 0.717) is 18.5 Å². The smallest absolute Gasteiger partial charge is 0.357 e. The normalized spacial score (nSPS) is 11.8. The summed E-state index contributed by atoms with van der Waals surface area (Å²) in [7, 11) is 0. The van der Waals surface area contributed by atoms with Gasteiger partial charge in [-0.2, -0.15) is 0 Å². The van der Waals surface area contributed by atoms with Crippen molar-refractivity contribution in [3.8, 4) is 0 Å². The topological polar surface area (TPSA) is 68.3 Å². The van der Waals surface area contributed by atoms with Crippen molar-refractivity contribution < 1.29 is 18.7 Å². The van der Waals surface area contributed by atoms with Gasteiger partial charge in [-0.05, 0) is 43.2 Å². The highest BCUT2D eigenvalue weighted by atomic mass is 19.1. The van der Waals surface area contributed by atoms with E-state index in [1.807, 2.05) is 18.2 Å². The first-order valence-corrected chi connectivity index (χ1v) is 8.62. The number of nitrogens with one attached hydrogen (secondary N) is 1. The van der Waals surface area contributed by atoms with Crippen LogP contribution in [0.4, 0.5) is 4.39 Å². The van der Waals surface area contributed by atoms with E-state index in [2.05, 4.69) is 10.3 Å². The standard InChI is InChI=1S/C21H19FN2O3/c1-14(20(25)23-13-12-15-6-9-17(22)10-7-15)27-21(26)19-11-8-16-4-2-3-5-18(16)24-19/h2-11,14H,12-13H2,1H3,(H,23,25)/t14-/m0/s1. The summed E-state index contributed by atoms with van der Waals surface area (Å²) >= 11 is 0. The van der Waals surface area contributed by atoms with Gasteiger partial charge in [0, 0.05) is 11.9 Å². The highest BCUT2D eigenvalue weighted by Crippen LogP contribution is 2.13. The van der Waals surface area contributed by atoms with Crippen LogP contribution in [0.1, 0.15) is 23.0 Å². The third-order valence-corrected chi connectivity index (χ3v) is 4.09. The summed E-state index contributed by atoms with van der Waals surface area (Å²) < 4.78 is 18.1. The lowest BCUT2D eigenvalue weighted by molar-refractivity contribution is -0.129. The predicted octanol–water partition coefficient (Wildman–Crippen LogP) is 3.28. The molecule has 1 amide bonds. The quantitative estimate of drug-likeness (QED) is 0.680. The van der Waals surface area contributed by atoms with E-state index in [-0.39, 0.29) is 11.5 Å². The molecule has 0 unspecified atom stereocenters. The average molecular weight is 366 g/mol. The number of halogens is 1. The lowest BCUT2D eigenvalue weighted by atomic mass is 10.1. The summed E-state index contributed by atoms with van der Waals surface area (Å²) in [5.41, 5.74) is 1.74. The van der Waals surface area contributed by atoms with Crippen LogP contribution in [0.15, 0.2) is 60.7 Å². The minimum Gasteiger partial charge on any atom is -0.448 e. The van der Waals surface area contributed by atoms with E-state index in [1.54, 1.807) is 30.3 Å². The zero-order chi connectivity index (χ0) is 19.2. The van der Waals surface area contributed by atoms with Gasteiger partial charge >= 0.3 is 5.97 Å². The number of carbonyl (C=O) groups excluding carboxylic acids is 2. The van der Waals surface area contributed by atoms with Gasteiger partial charge in [0.25, 0.3) is 5.91 Å². The Morgan fingerprint density at radius 2 is 1.81 bits per heavy atom. The number of aromatic nitrogens is 1. The van der Waals surface area contributed by atoms with Gasteiger partial charge in [0.1, 0.15) is 11.5 Å². The lowest BCUT2D eigenvalue weighted by Crippen LogP contribution is -2.37. The second kappa shape index (κ2) is 8.40. The summed E-state index contributed by atoms with van der Waals surface area (Å²) in [6, 6.07) is 16.9. The number of ether oxygens (including phenoxy) is 1. The van der Waals surface area contributed by atoms with Crippen LogP contribution in [0.25, 0.3) is 10.9 Å². The maximum Gasteiger partial charge on any atom is 0.357 e. The molecule has 138 valence electrons. The predicted molar refractivity (Wildman–Crippen MR) is 99.7 cm³/mol. The molecule has 1 N–H and O–H groups in total. The number of para-hydroxylation sites is 1. The van der Waals surface area contributed by atoms with Crippen LogP contribution in [0.2, 0.25) is 0 Å². The maximum absolute atomic E-state index is 12.9. The fourth-order valence-corrected chi connectivity index (χ4v) is 2.58. The van der Waals surface area contributed by atoms with Crippen molar-refractivity contribution in [1.29, 1.82) is 0 Å². The van der Waals surface area contributed by atoms with Crippen LogP contribution in [-0.4, -0.2) is 29.5 Å². The van der Waals surface area contributed by atoms with Crippen LogP contribution >= 0.6 is 0 Å². The molecule has 0 fully saturated rings. The summed E-state index contributed by atoms with van der Waals surface area (Å²) in [6.45, 7) is 1.87. The molecule has 0 aliphatic rings. The Hall–Kier alpha value is -3.28. The number of rotatable bonds is 6. The number of nitrogens with zero attached hydrogens (tertiary/aromatic N) is 1. The van der Waals surface area contributed by atoms with Gasteiger partial charge in [-0.15, -0.1) is 0 Å². The van der Waals surface area contributed by atoms with Gasteiger partial charge in [-0.1, -0.05) is 36.4 Å². The van der Waals surface area contributed by atoms with Crippen molar-refractivity contribution in [2.75, 3.05) is 6.54 Å². The van der Waals surface area contributed by atoms with Crippen molar-refractivity contribution in [2.45, 2.75) is 19.4 Å². The van der Waals surface area contributed by atoms with Crippen molar-refractivity contribution >= 4 is 22.8 Å². The summed E-state index contributed by atoms with van der Waals surface area (Å²) in [6.07, 6.45) is -0.391. The number of pyridine rings is 1. The molecule has 0 saturated carbocycles. The monoisotopic (exact) mass is 366 g/mol. The van der Waals surface area contributed by atoms with Crippen molar-refractivity contribution in [2.24, 2.45) is 0 Å². The number of carbonyl (C=O) groups is 2. The van der Waals surface area contributed by atoms with Crippen LogP contribution in [0.3, 0.4) is 0 Å². The Morgan fingerprint density at radius 1 is 1.07 bits per heavy atom. The first-order chi connectivity index (χ1) is 13.0. The Bertz CT molecular complexity index is 957. The number of esters is 1. The van der Waals surface area contributed by atoms with E-state index < -0.39 is 18.0 Å². The molecule has 1 aromatic heterocycles. The molecule has 3 aromatic rings. The Morgan fingerprint density at radius 3 is 2.59 bits per heavy atom. The molecule has 5 nitrogen and oxygen atoms in total. The zero-order valence-electron chi connectivity index (χ0n) is 14.8. The molecule has 2 aromatic carbocycles. The van der Waals surface area contributed by atoms with Gasteiger partial charge in [0.05, 0.1) is 5.52 Å². The van der Waals surface area contributed by atoms with Gasteiger partial charge in [-0.25, -0.2) is 14.2 Å². The molecule has 0 aliphatic heterocycles. The Kier molecular flexibility index (Phi) is 5.76. The second-order valence-corrected chi connectivity index (χ2v) is 6.10. The average Bonchev–Trinajstić information content (AvgIpc) is 2.69. The number of amides is 1. The van der Waals surface area contributed by atoms with Crippen molar-refractivity contribution in [1.82, 2.24) is 10.3 Å². The van der Waals surface area contributed by atoms with Crippen LogP contribution in [0.5, 0.6) is 0 Å². The second-order valence-electron chi connectivity index (χ2n) is 6.10. The van der Waals surface area contributed by atoms with E-state index in [0.717, 1.165) is 10.9 Å². The van der Waals surface area contributed by atoms with Crippen LogP contribution < -0.4 is 5.32 Å². The largest absolute Gasteiger partial charge is 0.448 e. The molecule has 0 radical (unpaired) electrons. The fourth-order valence-electron chi connectivity index (χ4n) is 2.58. The third kappa shape index (κ3) is 4.88. The molecule has 1 heterocycles. The molecule has 0 aliphatic carbocycles. The molecule has 0 spiro atoms. The lowest BCUT2D eigenvalue weighted by Gasteiger charge is -2.13. The van der Waals surface area contributed by atoms with Crippen LogP contribution in [0, 0.1) is 5.82 Å². The Labute approximate surface area is 156 Å². The molecular weight excluding hydrogens is 347 g/mol. The van der Waals surface area contributed by atoms with E-state index >= 15 is 0 Å². The molecule has 3 rings (SSSR count). The number of hydrogen-bond acceptors (Lipinski definition) is 4. The molecular formula is C21H19FN2O3. The zero-order valence-corrected chi connectivity index (χ0v) is 14.8. The maximum atomic E-state index is 12.9. The summed E-state index contributed by atoms with van der Waals surface area (Å²) in [4.78, 5) is 28.6. The number of benzene rings is 2. The van der Waals surface area contributed by atoms with E-state index in [1.165, 1.54) is 19.1 Å². The highest BCUT2D eigenvalue weighted by molar-refractivity contribution is 5.93. The van der Waals surface area contributed by atoms with Gasteiger partial charge in [-0.3, -0.25) is 4.79 Å². The SMILES string of the molecule is C[C@H](OC(=O)c1ccc2ccccc2n1)C(=O)NCCc1ccc(F)cc1. The summed E-state index contributed by atoms with van der Waals surface area (Å²) in [5, 5.41) is 3.62. The number of hydrogen-bond donors (Lipinski definition) is 1. The molecule has 1 atom stereocenters. The fraction of sp³-hybridized carbons (Fsp3) is 0.190. The van der Waals surface area contributed by atoms with Crippen molar-refractivity contribution in [3.63, 3.8) is 0 Å². The third-order valence-electron chi connectivity index (χ3n) is 4.09. The first-order valence-electron chi connectivity index (χ1n) is 8.62. The van der Waals surface area contributed by atoms with Gasteiger partial charge < -0.3 is 10.1 Å².